The van der Waals surface area contributed by atoms with Gasteiger partial charge in [0.1, 0.15) is 0 Å². The summed E-state index contributed by atoms with van der Waals surface area (Å²) >= 11 is 1.57. The lowest BCUT2D eigenvalue weighted by Gasteiger charge is -2.35. The monoisotopic (exact) mass is 277 g/mol. The van der Waals surface area contributed by atoms with Gasteiger partial charge in [-0.15, -0.1) is 11.3 Å². The first-order valence-electron chi connectivity index (χ1n) is 6.53. The number of carbonyl (C=O) groups is 1. The SMILES string of the molecule is Cc1cc(C(=O)N2CCN(C(C)C#N)CC2)sc1C. The van der Waals surface area contributed by atoms with Crippen molar-refractivity contribution in [2.45, 2.75) is 26.8 Å². The molecule has 1 aromatic rings. The van der Waals surface area contributed by atoms with Crippen LogP contribution in [-0.4, -0.2) is 47.9 Å². The highest BCUT2D eigenvalue weighted by molar-refractivity contribution is 7.14. The van der Waals surface area contributed by atoms with Gasteiger partial charge < -0.3 is 4.90 Å². The van der Waals surface area contributed by atoms with Gasteiger partial charge in [0, 0.05) is 31.1 Å². The number of nitriles is 1. The van der Waals surface area contributed by atoms with E-state index in [-0.39, 0.29) is 11.9 Å². The van der Waals surface area contributed by atoms with Crippen molar-refractivity contribution in [3.63, 3.8) is 0 Å². The topological polar surface area (TPSA) is 47.3 Å². The normalized spacial score (nSPS) is 18.1. The molecular formula is C14H19N3OS. The highest BCUT2D eigenvalue weighted by Crippen LogP contribution is 2.22. The van der Waals surface area contributed by atoms with E-state index < -0.39 is 0 Å². The second kappa shape index (κ2) is 5.72. The molecule has 1 aromatic heterocycles. The predicted molar refractivity (Wildman–Crippen MR) is 76.3 cm³/mol. The molecule has 19 heavy (non-hydrogen) atoms. The number of hydrogen-bond donors (Lipinski definition) is 0. The maximum atomic E-state index is 12.4. The van der Waals surface area contributed by atoms with Gasteiger partial charge in [-0.3, -0.25) is 9.69 Å². The van der Waals surface area contributed by atoms with E-state index in [9.17, 15) is 4.79 Å². The van der Waals surface area contributed by atoms with Crippen LogP contribution in [0.2, 0.25) is 0 Å². The van der Waals surface area contributed by atoms with Crippen LogP contribution in [0.25, 0.3) is 0 Å². The standard InChI is InChI=1S/C14H19N3OS/c1-10-8-13(19-12(10)3)14(18)17-6-4-16(5-7-17)11(2)9-15/h8,11H,4-7H2,1-3H3. The molecule has 1 amide bonds. The number of hydrogen-bond acceptors (Lipinski definition) is 4. The zero-order chi connectivity index (χ0) is 14.0. The third kappa shape index (κ3) is 2.96. The summed E-state index contributed by atoms with van der Waals surface area (Å²) in [7, 11) is 0. The van der Waals surface area contributed by atoms with Gasteiger partial charge in [0.05, 0.1) is 17.0 Å². The molecule has 1 fully saturated rings. The molecule has 2 rings (SSSR count). The Kier molecular flexibility index (Phi) is 4.23. The molecule has 102 valence electrons. The van der Waals surface area contributed by atoms with Gasteiger partial charge in [0.25, 0.3) is 5.91 Å². The molecule has 0 N–H and O–H groups in total. The number of carbonyl (C=O) groups excluding carboxylic acids is 1. The van der Waals surface area contributed by atoms with E-state index in [4.69, 9.17) is 5.26 Å². The minimum absolute atomic E-state index is 0.0662. The first kappa shape index (κ1) is 14.0. The summed E-state index contributed by atoms with van der Waals surface area (Å²) in [6.45, 7) is 8.97. The van der Waals surface area contributed by atoms with Crippen molar-refractivity contribution < 1.29 is 4.79 Å². The van der Waals surface area contributed by atoms with E-state index in [2.05, 4.69) is 11.0 Å². The van der Waals surface area contributed by atoms with Crippen molar-refractivity contribution in [1.82, 2.24) is 9.80 Å². The Morgan fingerprint density at radius 2 is 2.00 bits per heavy atom. The number of thiophene rings is 1. The lowest BCUT2D eigenvalue weighted by molar-refractivity contribution is 0.0620. The zero-order valence-electron chi connectivity index (χ0n) is 11.6. The van der Waals surface area contributed by atoms with Crippen LogP contribution in [0.4, 0.5) is 0 Å². The van der Waals surface area contributed by atoms with E-state index in [0.29, 0.717) is 13.1 Å². The molecule has 2 heterocycles. The molecule has 1 aliphatic rings. The summed E-state index contributed by atoms with van der Waals surface area (Å²) in [5.41, 5.74) is 1.19. The maximum Gasteiger partial charge on any atom is 0.264 e. The van der Waals surface area contributed by atoms with Crippen LogP contribution >= 0.6 is 11.3 Å². The van der Waals surface area contributed by atoms with Gasteiger partial charge in [-0.25, -0.2) is 0 Å². The Balaban J connectivity index is 1.98. The van der Waals surface area contributed by atoms with E-state index in [1.54, 1.807) is 11.3 Å². The summed E-state index contributed by atoms with van der Waals surface area (Å²) in [6, 6.07) is 4.16. The van der Waals surface area contributed by atoms with E-state index >= 15 is 0 Å². The molecule has 0 aliphatic carbocycles. The number of nitrogens with zero attached hydrogens (tertiary/aromatic N) is 3. The summed E-state index contributed by atoms with van der Waals surface area (Å²) in [4.78, 5) is 18.4. The van der Waals surface area contributed by atoms with Gasteiger partial charge in [-0.2, -0.15) is 5.26 Å². The quantitative estimate of drug-likeness (QED) is 0.831. The second-order valence-electron chi connectivity index (χ2n) is 4.98. The van der Waals surface area contributed by atoms with Crippen LogP contribution < -0.4 is 0 Å². The number of piperazine rings is 1. The molecule has 0 bridgehead atoms. The third-order valence-electron chi connectivity index (χ3n) is 3.71. The second-order valence-corrected chi connectivity index (χ2v) is 6.24. The zero-order valence-corrected chi connectivity index (χ0v) is 12.5. The Bertz CT molecular complexity index is 490. The summed E-state index contributed by atoms with van der Waals surface area (Å²) in [5.74, 6) is 0.130. The van der Waals surface area contributed by atoms with Crippen molar-refractivity contribution in [3.05, 3.63) is 21.4 Å². The van der Waals surface area contributed by atoms with E-state index in [0.717, 1.165) is 18.0 Å². The van der Waals surface area contributed by atoms with Crippen LogP contribution in [0, 0.1) is 25.2 Å². The Hall–Kier alpha value is -1.38. The Morgan fingerprint density at radius 3 is 2.47 bits per heavy atom. The highest BCUT2D eigenvalue weighted by Gasteiger charge is 2.25. The predicted octanol–water partition coefficient (Wildman–Crippen LogP) is 2.03. The van der Waals surface area contributed by atoms with Crippen LogP contribution in [0.5, 0.6) is 0 Å². The fourth-order valence-corrected chi connectivity index (χ4v) is 3.23. The number of aryl methyl sites for hydroxylation is 2. The Labute approximate surface area is 118 Å². The van der Waals surface area contributed by atoms with Gasteiger partial charge in [0.15, 0.2) is 0 Å². The molecular weight excluding hydrogens is 258 g/mol. The summed E-state index contributed by atoms with van der Waals surface area (Å²) in [6.07, 6.45) is 0. The molecule has 1 saturated heterocycles. The first-order valence-corrected chi connectivity index (χ1v) is 7.34. The molecule has 0 radical (unpaired) electrons. The summed E-state index contributed by atoms with van der Waals surface area (Å²) in [5, 5.41) is 8.90. The minimum Gasteiger partial charge on any atom is -0.335 e. The van der Waals surface area contributed by atoms with Crippen LogP contribution in [0.15, 0.2) is 6.07 Å². The first-order chi connectivity index (χ1) is 9.02. The molecule has 0 saturated carbocycles. The average Bonchev–Trinajstić information content (AvgIpc) is 2.77. The lowest BCUT2D eigenvalue weighted by atomic mass is 10.2. The van der Waals surface area contributed by atoms with Gasteiger partial charge in [-0.05, 0) is 32.4 Å². The molecule has 1 atom stereocenters. The van der Waals surface area contributed by atoms with E-state index in [1.165, 1.54) is 10.4 Å². The molecule has 4 nitrogen and oxygen atoms in total. The van der Waals surface area contributed by atoms with Gasteiger partial charge in [-0.1, -0.05) is 0 Å². The highest BCUT2D eigenvalue weighted by atomic mass is 32.1. The third-order valence-corrected chi connectivity index (χ3v) is 4.85. The molecule has 1 unspecified atom stereocenters. The largest absolute Gasteiger partial charge is 0.335 e. The molecule has 0 spiro atoms. The van der Waals surface area contributed by atoms with Crippen molar-refractivity contribution >= 4 is 17.2 Å². The van der Waals surface area contributed by atoms with Crippen molar-refractivity contribution in [2.24, 2.45) is 0 Å². The van der Waals surface area contributed by atoms with Crippen LogP contribution in [-0.2, 0) is 0 Å². The summed E-state index contributed by atoms with van der Waals surface area (Å²) < 4.78 is 0. The number of amides is 1. The lowest BCUT2D eigenvalue weighted by Crippen LogP contribution is -2.50. The molecule has 1 aliphatic heterocycles. The minimum atomic E-state index is -0.0662. The smallest absolute Gasteiger partial charge is 0.264 e. The Morgan fingerprint density at radius 1 is 1.37 bits per heavy atom. The average molecular weight is 277 g/mol. The fourth-order valence-electron chi connectivity index (χ4n) is 2.23. The van der Waals surface area contributed by atoms with Crippen molar-refractivity contribution in [3.8, 4) is 6.07 Å². The van der Waals surface area contributed by atoms with Gasteiger partial charge >= 0.3 is 0 Å². The number of rotatable bonds is 2. The fraction of sp³-hybridized carbons (Fsp3) is 0.571. The van der Waals surface area contributed by atoms with Gasteiger partial charge in [0.2, 0.25) is 0 Å². The maximum absolute atomic E-state index is 12.4. The van der Waals surface area contributed by atoms with Crippen LogP contribution in [0.3, 0.4) is 0 Å². The van der Waals surface area contributed by atoms with Crippen molar-refractivity contribution in [1.29, 1.82) is 5.26 Å². The van der Waals surface area contributed by atoms with E-state index in [1.807, 2.05) is 31.7 Å². The van der Waals surface area contributed by atoms with Crippen molar-refractivity contribution in [2.75, 3.05) is 26.2 Å². The molecule has 5 heteroatoms. The van der Waals surface area contributed by atoms with Crippen LogP contribution in [0.1, 0.15) is 27.0 Å². The molecule has 0 aromatic carbocycles.